The van der Waals surface area contributed by atoms with E-state index in [1.54, 1.807) is 36.7 Å². The summed E-state index contributed by atoms with van der Waals surface area (Å²) in [6.45, 7) is 3.13. The molecule has 2 aliphatic rings. The number of nitrogens with zero attached hydrogens (tertiary/aromatic N) is 2. The van der Waals surface area contributed by atoms with Crippen LogP contribution in [0.5, 0.6) is 5.75 Å². The number of hydrogen-bond acceptors (Lipinski definition) is 4. The monoisotopic (exact) mass is 457 g/mol. The molecule has 1 saturated carbocycles. The van der Waals surface area contributed by atoms with E-state index in [-0.39, 0.29) is 43.6 Å². The van der Waals surface area contributed by atoms with Crippen molar-refractivity contribution in [2.45, 2.75) is 57.5 Å². The first-order valence-electron chi connectivity index (χ1n) is 11.5. The van der Waals surface area contributed by atoms with Gasteiger partial charge in [0.05, 0.1) is 5.56 Å². The lowest BCUT2D eigenvalue weighted by molar-refractivity contribution is -0.124. The predicted octanol–water partition coefficient (Wildman–Crippen LogP) is 4.84. The Morgan fingerprint density at radius 1 is 1.12 bits per heavy atom. The first-order chi connectivity index (χ1) is 15.8. The van der Waals surface area contributed by atoms with E-state index in [1.807, 2.05) is 17.9 Å². The molecule has 2 heterocycles. The van der Waals surface area contributed by atoms with Crippen molar-refractivity contribution in [1.29, 1.82) is 0 Å². The number of aryl methyl sites for hydroxylation is 1. The summed E-state index contributed by atoms with van der Waals surface area (Å²) in [5.74, 6) is -2.61. The summed E-state index contributed by atoms with van der Waals surface area (Å²) in [5, 5.41) is 2.86. The molecule has 0 atom stereocenters. The Bertz CT molecular complexity index is 982. The fourth-order valence-corrected chi connectivity index (χ4v) is 4.38. The van der Waals surface area contributed by atoms with Gasteiger partial charge in [0, 0.05) is 68.8 Å². The molecule has 1 saturated heterocycles. The second-order valence-corrected chi connectivity index (χ2v) is 8.95. The van der Waals surface area contributed by atoms with Crippen molar-refractivity contribution in [2.24, 2.45) is 5.92 Å². The largest absolute Gasteiger partial charge is 0.490 e. The highest BCUT2D eigenvalue weighted by Crippen LogP contribution is 2.36. The van der Waals surface area contributed by atoms with Gasteiger partial charge in [0.2, 0.25) is 11.8 Å². The van der Waals surface area contributed by atoms with Gasteiger partial charge in [-0.25, -0.2) is 8.78 Å². The van der Waals surface area contributed by atoms with E-state index in [4.69, 9.17) is 4.74 Å². The van der Waals surface area contributed by atoms with Crippen LogP contribution in [-0.2, 0) is 4.79 Å². The molecule has 8 heteroatoms. The number of hydrogen-bond donors (Lipinski definition) is 1. The molecule has 1 aromatic carbocycles. The minimum absolute atomic E-state index is 0.0251. The predicted molar refractivity (Wildman–Crippen MR) is 121 cm³/mol. The van der Waals surface area contributed by atoms with Crippen LogP contribution >= 0.6 is 0 Å². The van der Waals surface area contributed by atoms with Crippen molar-refractivity contribution in [3.05, 3.63) is 53.9 Å². The molecule has 2 amide bonds. The average Bonchev–Trinajstić information content (AvgIpc) is 2.82. The first-order valence-corrected chi connectivity index (χ1v) is 11.5. The molecule has 1 aromatic heterocycles. The van der Waals surface area contributed by atoms with E-state index >= 15 is 0 Å². The highest BCUT2D eigenvalue weighted by Gasteiger charge is 2.37. The lowest BCUT2D eigenvalue weighted by atomic mass is 9.86. The summed E-state index contributed by atoms with van der Waals surface area (Å²) in [6.07, 6.45) is 4.51. The Kier molecular flexibility index (Phi) is 6.91. The summed E-state index contributed by atoms with van der Waals surface area (Å²) < 4.78 is 33.0. The second-order valence-electron chi connectivity index (χ2n) is 8.95. The van der Waals surface area contributed by atoms with Crippen LogP contribution in [0.3, 0.4) is 0 Å². The molecule has 0 unspecified atom stereocenters. The average molecular weight is 458 g/mol. The molecule has 1 aliphatic heterocycles. The fraction of sp³-hybridized carbons (Fsp3) is 0.480. The summed E-state index contributed by atoms with van der Waals surface area (Å²) in [4.78, 5) is 31.0. The Labute approximate surface area is 192 Å². The van der Waals surface area contributed by atoms with Gasteiger partial charge in [-0.2, -0.15) is 0 Å². The van der Waals surface area contributed by atoms with Crippen molar-refractivity contribution < 1.29 is 23.1 Å². The SMILES string of the molecule is Cc1ccc(NC(=O)C2CCC(F)(F)CC2)cc1OC1CCN(C(=O)c2cccnc2)CC1. The number of carbonyl (C=O) groups excluding carboxylic acids is 2. The molecule has 1 aliphatic carbocycles. The van der Waals surface area contributed by atoms with Crippen molar-refractivity contribution in [2.75, 3.05) is 18.4 Å². The lowest BCUT2D eigenvalue weighted by Gasteiger charge is -2.32. The molecular weight excluding hydrogens is 428 g/mol. The van der Waals surface area contributed by atoms with Gasteiger partial charge < -0.3 is 15.0 Å². The van der Waals surface area contributed by atoms with Gasteiger partial charge in [0.1, 0.15) is 11.9 Å². The van der Waals surface area contributed by atoms with E-state index in [1.165, 1.54) is 0 Å². The molecule has 0 spiro atoms. The summed E-state index contributed by atoms with van der Waals surface area (Å²) in [7, 11) is 0. The normalized spacial score (nSPS) is 19.2. The highest BCUT2D eigenvalue weighted by atomic mass is 19.3. The third kappa shape index (κ3) is 5.86. The molecule has 2 aromatic rings. The third-order valence-corrected chi connectivity index (χ3v) is 6.47. The smallest absolute Gasteiger partial charge is 0.255 e. The zero-order valence-electron chi connectivity index (χ0n) is 18.7. The molecule has 2 fully saturated rings. The number of aromatic nitrogens is 1. The van der Waals surface area contributed by atoms with Crippen LogP contribution < -0.4 is 10.1 Å². The maximum absolute atomic E-state index is 13.4. The molecule has 176 valence electrons. The van der Waals surface area contributed by atoms with E-state index < -0.39 is 11.8 Å². The van der Waals surface area contributed by atoms with Crippen molar-refractivity contribution in [3.63, 3.8) is 0 Å². The number of pyridine rings is 1. The van der Waals surface area contributed by atoms with Gasteiger partial charge in [-0.05, 0) is 43.5 Å². The Morgan fingerprint density at radius 2 is 1.85 bits per heavy atom. The van der Waals surface area contributed by atoms with Crippen molar-refractivity contribution in [3.8, 4) is 5.75 Å². The molecule has 0 bridgehead atoms. The van der Waals surface area contributed by atoms with Gasteiger partial charge in [-0.1, -0.05) is 6.07 Å². The van der Waals surface area contributed by atoms with Crippen molar-refractivity contribution in [1.82, 2.24) is 9.88 Å². The zero-order valence-corrected chi connectivity index (χ0v) is 18.7. The quantitative estimate of drug-likeness (QED) is 0.698. The summed E-state index contributed by atoms with van der Waals surface area (Å²) in [6, 6.07) is 8.98. The number of rotatable bonds is 5. The first kappa shape index (κ1) is 23.1. The molecule has 33 heavy (non-hydrogen) atoms. The van der Waals surface area contributed by atoms with Crippen LogP contribution in [0.15, 0.2) is 42.7 Å². The summed E-state index contributed by atoms with van der Waals surface area (Å²) in [5.41, 5.74) is 2.12. The van der Waals surface area contributed by atoms with Crippen LogP contribution in [0.4, 0.5) is 14.5 Å². The van der Waals surface area contributed by atoms with Crippen LogP contribution in [0.1, 0.15) is 54.4 Å². The lowest BCUT2D eigenvalue weighted by Crippen LogP contribution is -2.41. The van der Waals surface area contributed by atoms with Crippen LogP contribution in [0.2, 0.25) is 0 Å². The number of halogens is 2. The van der Waals surface area contributed by atoms with Crippen LogP contribution in [-0.4, -0.2) is 46.8 Å². The topological polar surface area (TPSA) is 71.5 Å². The van der Waals surface area contributed by atoms with Gasteiger partial charge in [-0.3, -0.25) is 14.6 Å². The Morgan fingerprint density at radius 3 is 2.52 bits per heavy atom. The maximum Gasteiger partial charge on any atom is 0.255 e. The maximum atomic E-state index is 13.4. The minimum Gasteiger partial charge on any atom is -0.490 e. The number of anilines is 1. The molecule has 0 radical (unpaired) electrons. The van der Waals surface area contributed by atoms with Gasteiger partial charge in [0.25, 0.3) is 5.91 Å². The van der Waals surface area contributed by atoms with Crippen LogP contribution in [0.25, 0.3) is 0 Å². The highest BCUT2D eigenvalue weighted by molar-refractivity contribution is 5.94. The number of alkyl halides is 2. The van der Waals surface area contributed by atoms with Gasteiger partial charge in [0.15, 0.2) is 0 Å². The second kappa shape index (κ2) is 9.85. The summed E-state index contributed by atoms with van der Waals surface area (Å²) >= 11 is 0. The number of likely N-dealkylation sites (tertiary alicyclic amines) is 1. The van der Waals surface area contributed by atoms with E-state index in [9.17, 15) is 18.4 Å². The molecular formula is C25H29F2N3O3. The number of nitrogens with one attached hydrogen (secondary N) is 1. The van der Waals surface area contributed by atoms with E-state index in [2.05, 4.69) is 10.3 Å². The Hall–Kier alpha value is -3.03. The van der Waals surface area contributed by atoms with E-state index in [0.717, 1.165) is 5.56 Å². The number of piperidine rings is 1. The number of benzene rings is 1. The third-order valence-electron chi connectivity index (χ3n) is 6.47. The number of ether oxygens (including phenoxy) is 1. The number of amides is 2. The zero-order chi connectivity index (χ0) is 23.4. The number of carbonyl (C=O) groups is 2. The van der Waals surface area contributed by atoms with Gasteiger partial charge in [-0.15, -0.1) is 0 Å². The van der Waals surface area contributed by atoms with Gasteiger partial charge >= 0.3 is 0 Å². The molecule has 4 rings (SSSR count). The molecule has 6 nitrogen and oxygen atoms in total. The minimum atomic E-state index is -2.65. The fourth-order valence-electron chi connectivity index (χ4n) is 4.38. The molecule has 1 N–H and O–H groups in total. The standard InChI is InChI=1S/C25H29F2N3O3/c1-17-4-5-20(29-23(31)18-6-10-25(26,27)11-7-18)15-22(17)33-21-8-13-30(14-9-21)24(32)19-3-2-12-28-16-19/h2-5,12,15-16,18,21H,6-11,13-14H2,1H3,(H,29,31). The Balaban J connectivity index is 1.31. The van der Waals surface area contributed by atoms with E-state index in [0.29, 0.717) is 42.9 Å². The van der Waals surface area contributed by atoms with Crippen LogP contribution in [0, 0.1) is 12.8 Å². The van der Waals surface area contributed by atoms with Crippen molar-refractivity contribution >= 4 is 17.5 Å².